The highest BCUT2D eigenvalue weighted by Gasteiger charge is 2.41. The summed E-state index contributed by atoms with van der Waals surface area (Å²) >= 11 is 0. The Labute approximate surface area is 155 Å². The minimum absolute atomic E-state index is 0.0207. The van der Waals surface area contributed by atoms with Crippen molar-refractivity contribution in [3.05, 3.63) is 35.4 Å². The fraction of sp³-hybridized carbons (Fsp3) is 0.600. The van der Waals surface area contributed by atoms with Crippen LogP contribution in [0.3, 0.4) is 0 Å². The van der Waals surface area contributed by atoms with E-state index < -0.39 is 0 Å². The number of guanidine groups is 1. The predicted molar refractivity (Wildman–Crippen MR) is 103 cm³/mol. The minimum Gasteiger partial charge on any atom is -0.373 e. The van der Waals surface area contributed by atoms with Gasteiger partial charge < -0.3 is 20.7 Å². The molecule has 3 rings (SSSR count). The summed E-state index contributed by atoms with van der Waals surface area (Å²) in [5, 5.41) is 9.80. The molecule has 142 valence electrons. The van der Waals surface area contributed by atoms with Crippen LogP contribution < -0.4 is 16.0 Å². The van der Waals surface area contributed by atoms with Gasteiger partial charge in [0.05, 0.1) is 18.2 Å². The number of aliphatic imine (C=N–C) groups is 1. The van der Waals surface area contributed by atoms with Crippen LogP contribution in [-0.2, 0) is 11.3 Å². The molecule has 2 bridgehead atoms. The van der Waals surface area contributed by atoms with Gasteiger partial charge >= 0.3 is 0 Å². The number of nitrogens with one attached hydrogen (secondary N) is 3. The number of rotatable bonds is 6. The Kier molecular flexibility index (Phi) is 6.14. The third-order valence-corrected chi connectivity index (χ3v) is 5.32. The normalized spacial score (nSPS) is 25.8. The summed E-state index contributed by atoms with van der Waals surface area (Å²) in [6, 6.07) is 8.24. The van der Waals surface area contributed by atoms with E-state index in [-0.39, 0.29) is 11.9 Å². The largest absolute Gasteiger partial charge is 0.373 e. The van der Waals surface area contributed by atoms with E-state index in [4.69, 9.17) is 4.74 Å². The van der Waals surface area contributed by atoms with Crippen molar-refractivity contribution in [2.75, 3.05) is 7.05 Å². The molecule has 6 heteroatoms. The Morgan fingerprint density at radius 3 is 2.65 bits per heavy atom. The summed E-state index contributed by atoms with van der Waals surface area (Å²) < 4.78 is 5.88. The molecule has 0 aliphatic carbocycles. The number of fused-ring (bicyclic) bond motifs is 2. The van der Waals surface area contributed by atoms with Crippen LogP contribution in [0.15, 0.2) is 29.3 Å². The van der Waals surface area contributed by atoms with Crippen molar-refractivity contribution in [1.82, 2.24) is 16.0 Å². The molecular formula is C20H30N4O2. The Hall–Kier alpha value is -2.08. The molecule has 2 fully saturated rings. The first kappa shape index (κ1) is 18.7. The average molecular weight is 358 g/mol. The molecule has 0 saturated carbocycles. The Morgan fingerprint density at radius 2 is 2.08 bits per heavy atom. The molecule has 1 amide bonds. The van der Waals surface area contributed by atoms with Gasteiger partial charge in [-0.15, -0.1) is 0 Å². The van der Waals surface area contributed by atoms with E-state index in [9.17, 15) is 4.79 Å². The second-order valence-electron chi connectivity index (χ2n) is 7.27. The van der Waals surface area contributed by atoms with Crippen LogP contribution in [0.25, 0.3) is 0 Å². The minimum atomic E-state index is -0.0207. The standard InChI is InChI=1S/C20H30N4O2/c1-4-13(2)23-19(25)15-7-5-14(6-8-15)12-22-20(21-3)24-17-11-16-9-10-18(17)26-16/h5-8,13,16-18H,4,9-12H2,1-3H3,(H,23,25)(H2,21,22,24). The maximum Gasteiger partial charge on any atom is 0.251 e. The van der Waals surface area contributed by atoms with Gasteiger partial charge in [0.2, 0.25) is 0 Å². The Balaban J connectivity index is 1.48. The molecule has 26 heavy (non-hydrogen) atoms. The number of carbonyl (C=O) groups excluding carboxylic acids is 1. The van der Waals surface area contributed by atoms with Crippen LogP contribution in [0.1, 0.15) is 55.5 Å². The molecule has 1 aromatic carbocycles. The van der Waals surface area contributed by atoms with Crippen LogP contribution in [0.4, 0.5) is 0 Å². The predicted octanol–water partition coefficient (Wildman–Crippen LogP) is 2.20. The van der Waals surface area contributed by atoms with Crippen molar-refractivity contribution in [2.24, 2.45) is 4.99 Å². The Morgan fingerprint density at radius 1 is 1.31 bits per heavy atom. The second kappa shape index (κ2) is 8.54. The van der Waals surface area contributed by atoms with E-state index in [2.05, 4.69) is 27.9 Å². The van der Waals surface area contributed by atoms with Crippen molar-refractivity contribution < 1.29 is 9.53 Å². The van der Waals surface area contributed by atoms with Gasteiger partial charge in [-0.25, -0.2) is 0 Å². The van der Waals surface area contributed by atoms with Crippen molar-refractivity contribution in [1.29, 1.82) is 0 Å². The number of benzene rings is 1. The summed E-state index contributed by atoms with van der Waals surface area (Å²) in [4.78, 5) is 16.4. The topological polar surface area (TPSA) is 74.8 Å². The number of nitrogens with zero attached hydrogens (tertiary/aromatic N) is 1. The maximum absolute atomic E-state index is 12.1. The molecule has 4 unspecified atom stereocenters. The molecule has 2 saturated heterocycles. The van der Waals surface area contributed by atoms with E-state index in [0.717, 1.165) is 30.8 Å². The van der Waals surface area contributed by atoms with Crippen molar-refractivity contribution in [2.45, 2.75) is 70.4 Å². The van der Waals surface area contributed by atoms with E-state index in [0.29, 0.717) is 30.4 Å². The van der Waals surface area contributed by atoms with Gasteiger partial charge in [0.1, 0.15) is 0 Å². The molecule has 3 N–H and O–H groups in total. The van der Waals surface area contributed by atoms with Crippen molar-refractivity contribution in [3.8, 4) is 0 Å². The van der Waals surface area contributed by atoms with Crippen LogP contribution in [0, 0.1) is 0 Å². The maximum atomic E-state index is 12.1. The Bertz CT molecular complexity index is 644. The van der Waals surface area contributed by atoms with Crippen molar-refractivity contribution >= 4 is 11.9 Å². The van der Waals surface area contributed by atoms with Gasteiger partial charge in [-0.3, -0.25) is 9.79 Å². The summed E-state index contributed by atoms with van der Waals surface area (Å²) in [7, 11) is 1.78. The molecule has 0 aromatic heterocycles. The highest BCUT2D eigenvalue weighted by atomic mass is 16.5. The van der Waals surface area contributed by atoms with E-state index in [1.165, 1.54) is 6.42 Å². The summed E-state index contributed by atoms with van der Waals surface area (Å²) in [6.07, 6.45) is 5.05. The lowest BCUT2D eigenvalue weighted by molar-refractivity contribution is 0.0939. The van der Waals surface area contributed by atoms with E-state index >= 15 is 0 Å². The molecule has 2 aliphatic heterocycles. The number of hydrogen-bond donors (Lipinski definition) is 3. The van der Waals surface area contributed by atoms with Gasteiger partial charge in [0.25, 0.3) is 5.91 Å². The van der Waals surface area contributed by atoms with E-state index in [1.807, 2.05) is 31.2 Å². The highest BCUT2D eigenvalue weighted by Crippen LogP contribution is 2.34. The van der Waals surface area contributed by atoms with Gasteiger partial charge in [-0.2, -0.15) is 0 Å². The monoisotopic (exact) mass is 358 g/mol. The van der Waals surface area contributed by atoms with Gasteiger partial charge in [0.15, 0.2) is 5.96 Å². The van der Waals surface area contributed by atoms with Gasteiger partial charge in [-0.1, -0.05) is 19.1 Å². The SMILES string of the molecule is CCC(C)NC(=O)c1ccc(CNC(=NC)NC2CC3CCC2O3)cc1. The third-order valence-electron chi connectivity index (χ3n) is 5.32. The average Bonchev–Trinajstić information content (AvgIpc) is 3.28. The smallest absolute Gasteiger partial charge is 0.251 e. The van der Waals surface area contributed by atoms with Gasteiger partial charge in [-0.05, 0) is 50.3 Å². The van der Waals surface area contributed by atoms with Crippen LogP contribution in [-0.4, -0.2) is 43.2 Å². The first-order chi connectivity index (χ1) is 12.6. The zero-order valence-electron chi connectivity index (χ0n) is 15.9. The lowest BCUT2D eigenvalue weighted by Crippen LogP contribution is -2.47. The number of carbonyl (C=O) groups is 1. The second-order valence-corrected chi connectivity index (χ2v) is 7.27. The molecule has 1 aromatic rings. The lowest BCUT2D eigenvalue weighted by atomic mass is 9.96. The molecule has 6 nitrogen and oxygen atoms in total. The fourth-order valence-electron chi connectivity index (χ4n) is 3.53. The lowest BCUT2D eigenvalue weighted by Gasteiger charge is -2.22. The molecule has 4 atom stereocenters. The molecule has 2 heterocycles. The molecular weight excluding hydrogens is 328 g/mol. The number of amides is 1. The van der Waals surface area contributed by atoms with Crippen LogP contribution >= 0.6 is 0 Å². The highest BCUT2D eigenvalue weighted by molar-refractivity contribution is 5.94. The molecule has 2 aliphatic rings. The first-order valence-electron chi connectivity index (χ1n) is 9.61. The van der Waals surface area contributed by atoms with Crippen LogP contribution in [0.2, 0.25) is 0 Å². The molecule has 0 radical (unpaired) electrons. The van der Waals surface area contributed by atoms with E-state index in [1.54, 1.807) is 7.05 Å². The summed E-state index contributed by atoms with van der Waals surface area (Å²) in [6.45, 7) is 4.73. The quantitative estimate of drug-likeness (QED) is 0.538. The van der Waals surface area contributed by atoms with Gasteiger partial charge in [0, 0.05) is 25.2 Å². The zero-order chi connectivity index (χ0) is 18.5. The summed E-state index contributed by atoms with van der Waals surface area (Å²) in [5.41, 5.74) is 1.80. The zero-order valence-corrected chi connectivity index (χ0v) is 15.9. The first-order valence-corrected chi connectivity index (χ1v) is 9.61. The summed E-state index contributed by atoms with van der Waals surface area (Å²) in [5.74, 6) is 0.775. The third kappa shape index (κ3) is 4.55. The molecule has 0 spiro atoms. The number of ether oxygens (including phenoxy) is 1. The fourth-order valence-corrected chi connectivity index (χ4v) is 3.53. The number of hydrogen-bond acceptors (Lipinski definition) is 3. The van der Waals surface area contributed by atoms with Crippen LogP contribution in [0.5, 0.6) is 0 Å². The van der Waals surface area contributed by atoms with Crippen molar-refractivity contribution in [3.63, 3.8) is 0 Å².